The lowest BCUT2D eigenvalue weighted by Gasteiger charge is -2.24. The average Bonchev–Trinajstić information content (AvgIpc) is 2.33. The summed E-state index contributed by atoms with van der Waals surface area (Å²) in [7, 11) is -20.7. The Morgan fingerprint density at radius 1 is 0.731 bits per heavy atom. The van der Waals surface area contributed by atoms with Gasteiger partial charge in [0.2, 0.25) is 0 Å². The molecule has 150 valence electrons. The van der Waals surface area contributed by atoms with Crippen molar-refractivity contribution in [2.45, 2.75) is 10.8 Å². The van der Waals surface area contributed by atoms with Crippen LogP contribution in [-0.2, 0) is 18.3 Å². The molecule has 26 heavy (non-hydrogen) atoms. The normalized spacial score (nSPS) is 14.1. The maximum atomic E-state index is 11.5. The molecule has 0 bridgehead atoms. The zero-order chi connectivity index (χ0) is 20.7. The number of rotatable bonds is 7. The lowest BCUT2D eigenvalue weighted by Crippen LogP contribution is -2.06. The van der Waals surface area contributed by atoms with Gasteiger partial charge in [0.1, 0.15) is 5.75 Å². The Balaban J connectivity index is 3.71. The second kappa shape index (κ2) is 7.56. The minimum Gasteiger partial charge on any atom is -0.496 e. The van der Waals surface area contributed by atoms with E-state index in [1.807, 2.05) is 0 Å². The highest BCUT2D eigenvalue weighted by Crippen LogP contribution is 2.72. The topological polar surface area (TPSA) is 239 Å². The third-order valence-electron chi connectivity index (χ3n) is 3.11. The van der Waals surface area contributed by atoms with E-state index < -0.39 is 58.1 Å². The molecular formula is C9H16O13P4. The summed E-state index contributed by atoms with van der Waals surface area (Å²) in [6, 6.07) is 1.98. The molecule has 0 saturated carbocycles. The largest absolute Gasteiger partial charge is 0.496 e. The van der Waals surface area contributed by atoms with E-state index in [0.29, 0.717) is 18.2 Å². The van der Waals surface area contributed by atoms with Crippen LogP contribution in [0.15, 0.2) is 18.2 Å². The maximum Gasteiger partial charge on any atom is 0.345 e. The van der Waals surface area contributed by atoms with E-state index in [-0.39, 0.29) is 0 Å². The molecule has 0 amide bonds. The smallest absolute Gasteiger partial charge is 0.345 e. The molecule has 1 rings (SSSR count). The van der Waals surface area contributed by atoms with Gasteiger partial charge in [-0.25, -0.2) is 0 Å². The molecule has 0 radical (unpaired) electrons. The first-order valence-electron chi connectivity index (χ1n) is 6.29. The van der Waals surface area contributed by atoms with Crippen molar-refractivity contribution in [3.63, 3.8) is 0 Å². The minimum absolute atomic E-state index is 0.633. The van der Waals surface area contributed by atoms with Gasteiger partial charge < -0.3 is 43.9 Å². The second-order valence-corrected chi connectivity index (χ2v) is 12.7. The predicted molar refractivity (Wildman–Crippen MR) is 86.7 cm³/mol. The van der Waals surface area contributed by atoms with Crippen LogP contribution < -0.4 is 4.74 Å². The molecule has 0 unspecified atom stereocenters. The van der Waals surface area contributed by atoms with Gasteiger partial charge in [0, 0.05) is 5.56 Å². The second-order valence-electron chi connectivity index (χ2n) is 5.11. The summed E-state index contributed by atoms with van der Waals surface area (Å²) >= 11 is 0. The Morgan fingerprint density at radius 3 is 1.42 bits per heavy atom. The first-order valence-corrected chi connectivity index (χ1v) is 13.0. The third kappa shape index (κ3) is 5.56. The lowest BCUT2D eigenvalue weighted by molar-refractivity contribution is 0.332. The SMILES string of the molecule is COc1cc(C(P(=O)(O)O)P(=O)(O)O)ccc1C(P(=O)(O)O)P(=O)(O)O. The Kier molecular flexibility index (Phi) is 6.88. The van der Waals surface area contributed by atoms with Gasteiger partial charge in [-0.2, -0.15) is 0 Å². The summed E-state index contributed by atoms with van der Waals surface area (Å²) in [6.45, 7) is 0. The van der Waals surface area contributed by atoms with Gasteiger partial charge in [0.05, 0.1) is 7.11 Å². The van der Waals surface area contributed by atoms with Crippen molar-refractivity contribution in [1.29, 1.82) is 0 Å². The highest BCUT2D eigenvalue weighted by molar-refractivity contribution is 7.70. The number of methoxy groups -OCH3 is 1. The van der Waals surface area contributed by atoms with Crippen molar-refractivity contribution in [2.75, 3.05) is 7.11 Å². The van der Waals surface area contributed by atoms with E-state index in [4.69, 9.17) is 4.74 Å². The number of benzene rings is 1. The number of ether oxygens (including phenoxy) is 1. The van der Waals surface area contributed by atoms with Crippen LogP contribution in [0, 0.1) is 0 Å². The molecule has 0 aromatic heterocycles. The van der Waals surface area contributed by atoms with E-state index in [2.05, 4.69) is 0 Å². The van der Waals surface area contributed by atoms with E-state index in [0.717, 1.165) is 7.11 Å². The summed E-state index contributed by atoms with van der Waals surface area (Å²) in [5.41, 5.74) is -1.35. The lowest BCUT2D eigenvalue weighted by atomic mass is 10.1. The molecule has 0 spiro atoms. The molecular weight excluding hydrogens is 440 g/mol. The Morgan fingerprint density at radius 2 is 1.12 bits per heavy atom. The average molecular weight is 456 g/mol. The van der Waals surface area contributed by atoms with Crippen molar-refractivity contribution in [1.82, 2.24) is 0 Å². The first-order chi connectivity index (χ1) is 11.4. The summed E-state index contributed by atoms with van der Waals surface area (Å²) < 4.78 is 50.6. The quantitative estimate of drug-likeness (QED) is 0.260. The Bertz CT molecular complexity index is 812. The predicted octanol–water partition coefficient (Wildman–Crippen LogP) is 0.403. The summed E-state index contributed by atoms with van der Waals surface area (Å²) in [5.74, 6) is -0.633. The standard InChI is InChI=1S/C9H16O13P4/c1-22-7-4-5(8(23(10,11)12)24(13,14)15)2-3-6(7)9(25(16,17)18)26(19,20)21/h2-4,8-9H,1H3,(H2,10,11,12)(H2,13,14,15)(H2,16,17,18)(H2,19,20,21). The molecule has 1 aromatic carbocycles. The van der Waals surface area contributed by atoms with Crippen molar-refractivity contribution >= 4 is 30.4 Å². The van der Waals surface area contributed by atoms with Gasteiger partial charge in [-0.1, -0.05) is 12.1 Å². The molecule has 0 heterocycles. The monoisotopic (exact) mass is 456 g/mol. The van der Waals surface area contributed by atoms with Crippen LogP contribution in [0.25, 0.3) is 0 Å². The fraction of sp³-hybridized carbons (Fsp3) is 0.333. The van der Waals surface area contributed by atoms with Gasteiger partial charge in [0.25, 0.3) is 0 Å². The highest BCUT2D eigenvalue weighted by Gasteiger charge is 2.48. The summed E-state index contributed by atoms with van der Waals surface area (Å²) in [4.78, 5) is 73.7. The van der Waals surface area contributed by atoms with Gasteiger partial charge in [-0.05, 0) is 11.6 Å². The summed E-state index contributed by atoms with van der Waals surface area (Å²) in [6.07, 6.45) is 0. The molecule has 0 saturated heterocycles. The van der Waals surface area contributed by atoms with Crippen LogP contribution in [0.5, 0.6) is 5.75 Å². The van der Waals surface area contributed by atoms with Crippen molar-refractivity contribution < 1.29 is 62.1 Å². The number of hydrogen-bond donors (Lipinski definition) is 8. The molecule has 0 atom stereocenters. The maximum absolute atomic E-state index is 11.5. The van der Waals surface area contributed by atoms with Crippen LogP contribution in [0.1, 0.15) is 21.9 Å². The van der Waals surface area contributed by atoms with Gasteiger partial charge in [-0.3, -0.25) is 18.3 Å². The summed E-state index contributed by atoms with van der Waals surface area (Å²) in [5, 5.41) is -5.23. The van der Waals surface area contributed by atoms with Crippen molar-refractivity contribution in [3.8, 4) is 5.75 Å². The molecule has 0 aliphatic rings. The van der Waals surface area contributed by atoms with E-state index in [1.165, 1.54) is 0 Å². The van der Waals surface area contributed by atoms with Crippen LogP contribution in [-0.4, -0.2) is 46.3 Å². The first kappa shape index (κ1) is 23.7. The molecule has 13 nitrogen and oxygen atoms in total. The van der Waals surface area contributed by atoms with Gasteiger partial charge in [0.15, 0.2) is 10.8 Å². The van der Waals surface area contributed by atoms with Crippen molar-refractivity contribution in [3.05, 3.63) is 29.3 Å². The molecule has 0 aliphatic heterocycles. The molecule has 0 aliphatic carbocycles. The van der Waals surface area contributed by atoms with Crippen LogP contribution in [0.3, 0.4) is 0 Å². The van der Waals surface area contributed by atoms with Crippen LogP contribution >= 0.6 is 30.4 Å². The fourth-order valence-corrected chi connectivity index (χ4v) is 7.63. The van der Waals surface area contributed by atoms with Gasteiger partial charge >= 0.3 is 30.4 Å². The van der Waals surface area contributed by atoms with Crippen LogP contribution in [0.4, 0.5) is 0 Å². The Hall–Kier alpha value is -0.380. The number of hydrogen-bond acceptors (Lipinski definition) is 5. The van der Waals surface area contributed by atoms with Crippen LogP contribution in [0.2, 0.25) is 0 Å². The third-order valence-corrected chi connectivity index (χ3v) is 10.4. The zero-order valence-electron chi connectivity index (χ0n) is 12.8. The molecule has 0 fully saturated rings. The van der Waals surface area contributed by atoms with Crippen molar-refractivity contribution in [2.24, 2.45) is 0 Å². The van der Waals surface area contributed by atoms with E-state index >= 15 is 0 Å². The zero-order valence-corrected chi connectivity index (χ0v) is 16.4. The molecule has 1 aromatic rings. The highest BCUT2D eigenvalue weighted by atomic mass is 31.2. The van der Waals surface area contributed by atoms with Gasteiger partial charge in [-0.15, -0.1) is 0 Å². The van der Waals surface area contributed by atoms with E-state index in [9.17, 15) is 57.4 Å². The minimum atomic E-state index is -5.41. The fourth-order valence-electron chi connectivity index (χ4n) is 2.24. The molecule has 17 heteroatoms. The Labute approximate surface area is 146 Å². The molecule has 8 N–H and O–H groups in total. The van der Waals surface area contributed by atoms with E-state index in [1.54, 1.807) is 0 Å².